The predicted molar refractivity (Wildman–Crippen MR) is 121 cm³/mol. The zero-order valence-electron chi connectivity index (χ0n) is 17.1. The molecule has 2 heterocycles. The van der Waals surface area contributed by atoms with E-state index in [9.17, 15) is 4.79 Å². The molecular weight excluding hydrogens is 388 g/mol. The van der Waals surface area contributed by atoms with E-state index in [-0.39, 0.29) is 5.91 Å². The zero-order valence-corrected chi connectivity index (χ0v) is 17.1. The SMILES string of the molecule is COc1ccc2cc(C(=O)NCc3ccc(Cn4cnc5ccccc54)cc3)[nH]c2c1. The number of imidazole rings is 1. The highest BCUT2D eigenvalue weighted by atomic mass is 16.5. The Bertz CT molecular complexity index is 1370. The van der Waals surface area contributed by atoms with Crippen molar-refractivity contribution in [1.29, 1.82) is 0 Å². The van der Waals surface area contributed by atoms with Gasteiger partial charge in [0.15, 0.2) is 0 Å². The molecule has 5 rings (SSSR count). The highest BCUT2D eigenvalue weighted by Crippen LogP contribution is 2.21. The van der Waals surface area contributed by atoms with E-state index in [0.29, 0.717) is 12.2 Å². The molecule has 0 aliphatic rings. The van der Waals surface area contributed by atoms with Gasteiger partial charge in [0, 0.05) is 30.1 Å². The summed E-state index contributed by atoms with van der Waals surface area (Å²) in [6.07, 6.45) is 1.87. The lowest BCUT2D eigenvalue weighted by Crippen LogP contribution is -2.23. The number of benzene rings is 3. The second-order valence-corrected chi connectivity index (χ2v) is 7.50. The Morgan fingerprint density at radius 2 is 1.84 bits per heavy atom. The predicted octanol–water partition coefficient (Wildman–Crippen LogP) is 4.50. The molecule has 0 fully saturated rings. The molecule has 6 nitrogen and oxygen atoms in total. The standard InChI is InChI=1S/C25H22N4O2/c1-31-20-11-10-19-12-23(28-22(19)13-20)25(30)26-14-17-6-8-18(9-7-17)15-29-16-27-21-4-2-3-5-24(21)29/h2-13,16,28H,14-15H2,1H3,(H,26,30). The van der Waals surface area contributed by atoms with Crippen LogP contribution in [0.25, 0.3) is 21.9 Å². The van der Waals surface area contributed by atoms with Crippen LogP contribution in [0, 0.1) is 0 Å². The summed E-state index contributed by atoms with van der Waals surface area (Å²) in [5, 5.41) is 3.95. The molecule has 6 heteroatoms. The summed E-state index contributed by atoms with van der Waals surface area (Å²) >= 11 is 0. The van der Waals surface area contributed by atoms with E-state index in [0.717, 1.165) is 39.8 Å². The minimum atomic E-state index is -0.135. The number of nitrogens with one attached hydrogen (secondary N) is 2. The number of H-pyrrole nitrogens is 1. The highest BCUT2D eigenvalue weighted by molar-refractivity contribution is 5.98. The van der Waals surface area contributed by atoms with Crippen molar-refractivity contribution in [3.63, 3.8) is 0 Å². The molecule has 5 aromatic rings. The maximum Gasteiger partial charge on any atom is 0.267 e. The molecule has 0 spiro atoms. The van der Waals surface area contributed by atoms with E-state index in [1.807, 2.05) is 60.9 Å². The topological polar surface area (TPSA) is 71.9 Å². The summed E-state index contributed by atoms with van der Waals surface area (Å²) < 4.78 is 7.37. The Kier molecular flexibility index (Phi) is 4.88. The van der Waals surface area contributed by atoms with Gasteiger partial charge < -0.3 is 19.6 Å². The van der Waals surface area contributed by atoms with Gasteiger partial charge in [-0.3, -0.25) is 4.79 Å². The van der Waals surface area contributed by atoms with Crippen molar-refractivity contribution in [2.24, 2.45) is 0 Å². The molecule has 154 valence electrons. The van der Waals surface area contributed by atoms with Gasteiger partial charge in [-0.05, 0) is 41.5 Å². The number of ether oxygens (including phenoxy) is 1. The molecule has 3 aromatic carbocycles. The van der Waals surface area contributed by atoms with E-state index in [4.69, 9.17) is 4.74 Å². The Labute approximate surface area is 179 Å². The highest BCUT2D eigenvalue weighted by Gasteiger charge is 2.10. The Hall–Kier alpha value is -4.06. The molecule has 0 saturated carbocycles. The number of aromatic amines is 1. The van der Waals surface area contributed by atoms with Crippen LogP contribution < -0.4 is 10.1 Å². The Morgan fingerprint density at radius 3 is 2.68 bits per heavy atom. The van der Waals surface area contributed by atoms with E-state index in [1.165, 1.54) is 5.56 Å². The summed E-state index contributed by atoms with van der Waals surface area (Å²) in [4.78, 5) is 20.2. The second kappa shape index (κ2) is 7.99. The summed E-state index contributed by atoms with van der Waals surface area (Å²) in [6, 6.07) is 23.9. The zero-order chi connectivity index (χ0) is 21.2. The Morgan fingerprint density at radius 1 is 1.03 bits per heavy atom. The van der Waals surface area contributed by atoms with Gasteiger partial charge in [-0.15, -0.1) is 0 Å². The minimum absolute atomic E-state index is 0.135. The molecule has 31 heavy (non-hydrogen) atoms. The molecule has 0 aliphatic carbocycles. The smallest absolute Gasteiger partial charge is 0.267 e. The van der Waals surface area contributed by atoms with Crippen LogP contribution in [0.5, 0.6) is 5.75 Å². The third kappa shape index (κ3) is 3.88. The molecule has 0 bridgehead atoms. The van der Waals surface area contributed by atoms with E-state index in [2.05, 4.69) is 38.1 Å². The first kappa shape index (κ1) is 18.9. The summed E-state index contributed by atoms with van der Waals surface area (Å²) in [6.45, 7) is 1.22. The number of amides is 1. The lowest BCUT2D eigenvalue weighted by Gasteiger charge is -2.07. The molecule has 2 aromatic heterocycles. The number of rotatable bonds is 6. The molecule has 0 unspecified atom stereocenters. The first-order chi connectivity index (χ1) is 15.2. The fraction of sp³-hybridized carbons (Fsp3) is 0.120. The number of carbonyl (C=O) groups excluding carboxylic acids is 1. The number of fused-ring (bicyclic) bond motifs is 2. The number of hydrogen-bond donors (Lipinski definition) is 2. The maximum absolute atomic E-state index is 12.6. The molecule has 0 radical (unpaired) electrons. The van der Waals surface area contributed by atoms with Crippen molar-refractivity contribution in [3.05, 3.63) is 95.9 Å². The van der Waals surface area contributed by atoms with Crippen molar-refractivity contribution in [2.75, 3.05) is 7.11 Å². The number of hydrogen-bond acceptors (Lipinski definition) is 3. The van der Waals surface area contributed by atoms with Crippen LogP contribution >= 0.6 is 0 Å². The summed E-state index contributed by atoms with van der Waals surface area (Å²) in [7, 11) is 1.63. The second-order valence-electron chi connectivity index (χ2n) is 7.50. The lowest BCUT2D eigenvalue weighted by atomic mass is 10.1. The van der Waals surface area contributed by atoms with Crippen LogP contribution in [0.15, 0.2) is 79.1 Å². The van der Waals surface area contributed by atoms with E-state index >= 15 is 0 Å². The molecular formula is C25H22N4O2. The van der Waals surface area contributed by atoms with Crippen LogP contribution in [-0.4, -0.2) is 27.6 Å². The fourth-order valence-electron chi connectivity index (χ4n) is 3.73. The largest absolute Gasteiger partial charge is 0.497 e. The van der Waals surface area contributed by atoms with Crippen molar-refractivity contribution in [3.8, 4) is 5.75 Å². The van der Waals surface area contributed by atoms with Gasteiger partial charge in [-0.25, -0.2) is 4.98 Å². The normalized spacial score (nSPS) is 11.1. The van der Waals surface area contributed by atoms with E-state index < -0.39 is 0 Å². The average molecular weight is 410 g/mol. The number of methoxy groups -OCH3 is 1. The third-order valence-electron chi connectivity index (χ3n) is 5.43. The lowest BCUT2D eigenvalue weighted by molar-refractivity contribution is 0.0946. The van der Waals surface area contributed by atoms with Crippen LogP contribution in [0.2, 0.25) is 0 Å². The van der Waals surface area contributed by atoms with Crippen LogP contribution in [0.3, 0.4) is 0 Å². The molecule has 0 saturated heterocycles. The fourth-order valence-corrected chi connectivity index (χ4v) is 3.73. The number of para-hydroxylation sites is 2. The van der Waals surface area contributed by atoms with Gasteiger partial charge >= 0.3 is 0 Å². The monoisotopic (exact) mass is 410 g/mol. The summed E-state index contributed by atoms with van der Waals surface area (Å²) in [5.41, 5.74) is 5.76. The van der Waals surface area contributed by atoms with Gasteiger partial charge in [0.05, 0.1) is 24.5 Å². The number of nitrogens with zero attached hydrogens (tertiary/aromatic N) is 2. The third-order valence-corrected chi connectivity index (χ3v) is 5.43. The van der Waals surface area contributed by atoms with Gasteiger partial charge in [0.25, 0.3) is 5.91 Å². The van der Waals surface area contributed by atoms with Crippen molar-refractivity contribution >= 4 is 27.8 Å². The maximum atomic E-state index is 12.6. The molecule has 0 aliphatic heterocycles. The van der Waals surface area contributed by atoms with Gasteiger partial charge in [-0.1, -0.05) is 36.4 Å². The number of aromatic nitrogens is 3. The van der Waals surface area contributed by atoms with Gasteiger partial charge in [-0.2, -0.15) is 0 Å². The average Bonchev–Trinajstić information content (AvgIpc) is 3.42. The summed E-state index contributed by atoms with van der Waals surface area (Å²) in [5.74, 6) is 0.620. The van der Waals surface area contributed by atoms with Gasteiger partial charge in [0.1, 0.15) is 11.4 Å². The molecule has 2 N–H and O–H groups in total. The quantitative estimate of drug-likeness (QED) is 0.433. The molecule has 0 atom stereocenters. The minimum Gasteiger partial charge on any atom is -0.497 e. The molecule has 1 amide bonds. The van der Waals surface area contributed by atoms with Crippen LogP contribution in [0.1, 0.15) is 21.6 Å². The first-order valence-electron chi connectivity index (χ1n) is 10.1. The Balaban J connectivity index is 1.23. The first-order valence-corrected chi connectivity index (χ1v) is 10.1. The van der Waals surface area contributed by atoms with Crippen molar-refractivity contribution < 1.29 is 9.53 Å². The number of carbonyl (C=O) groups is 1. The van der Waals surface area contributed by atoms with Crippen LogP contribution in [0.4, 0.5) is 0 Å². The van der Waals surface area contributed by atoms with Gasteiger partial charge in [0.2, 0.25) is 0 Å². The van der Waals surface area contributed by atoms with E-state index in [1.54, 1.807) is 7.11 Å². The van der Waals surface area contributed by atoms with Crippen molar-refractivity contribution in [2.45, 2.75) is 13.1 Å². The van der Waals surface area contributed by atoms with Crippen LogP contribution in [-0.2, 0) is 13.1 Å². The van der Waals surface area contributed by atoms with Crippen molar-refractivity contribution in [1.82, 2.24) is 19.9 Å².